The molecule has 0 aromatic heterocycles. The van der Waals surface area contributed by atoms with Crippen molar-refractivity contribution in [3.63, 3.8) is 0 Å². The van der Waals surface area contributed by atoms with Gasteiger partial charge in [-0.05, 0) is 24.9 Å². The highest BCUT2D eigenvalue weighted by atomic mass is 32.2. The molecule has 0 rings (SSSR count). The van der Waals surface area contributed by atoms with Crippen molar-refractivity contribution in [2.24, 2.45) is 5.73 Å². The van der Waals surface area contributed by atoms with Gasteiger partial charge in [0.1, 0.15) is 0 Å². The first-order chi connectivity index (χ1) is 9.02. The third kappa shape index (κ3) is 8.85. The van der Waals surface area contributed by atoms with Gasteiger partial charge < -0.3 is 20.7 Å². The molecule has 0 aromatic rings. The number of nitrogens with zero attached hydrogens (tertiary/aromatic N) is 1. The van der Waals surface area contributed by atoms with Crippen LogP contribution in [-0.4, -0.2) is 68.6 Å². The summed E-state index contributed by atoms with van der Waals surface area (Å²) >= 11 is 1.65. The molecule has 0 bridgehead atoms. The maximum atomic E-state index is 11.9. The number of ether oxygens (including phenoxy) is 1. The molecule has 0 unspecified atom stereocenters. The summed E-state index contributed by atoms with van der Waals surface area (Å²) in [5.41, 5.74) is 5.77. The number of thioether (sulfide) groups is 1. The number of nitrogens with two attached hydrogens (primary N) is 1. The first-order valence-corrected chi connectivity index (χ1v) is 7.67. The summed E-state index contributed by atoms with van der Waals surface area (Å²) in [4.78, 5) is 24.8. The Labute approximate surface area is 119 Å². The molecule has 0 spiro atoms. The van der Waals surface area contributed by atoms with E-state index in [1.54, 1.807) is 25.9 Å². The Morgan fingerprint density at radius 1 is 1.47 bits per heavy atom. The van der Waals surface area contributed by atoms with Gasteiger partial charge in [0.05, 0.1) is 12.6 Å². The number of hydrogen-bond donors (Lipinski definition) is 2. The van der Waals surface area contributed by atoms with E-state index in [-0.39, 0.29) is 18.4 Å². The van der Waals surface area contributed by atoms with Crippen molar-refractivity contribution in [2.45, 2.75) is 18.9 Å². The lowest BCUT2D eigenvalue weighted by Gasteiger charge is -2.20. The molecular formula is C12H25N3O3S. The van der Waals surface area contributed by atoms with E-state index in [2.05, 4.69) is 5.32 Å². The number of carbonyl (C=O) groups excluding carboxylic acids is 2. The van der Waals surface area contributed by atoms with E-state index in [1.165, 1.54) is 4.90 Å². The molecule has 6 nitrogen and oxygen atoms in total. The van der Waals surface area contributed by atoms with E-state index >= 15 is 0 Å². The molecule has 0 heterocycles. The molecular weight excluding hydrogens is 266 g/mol. The van der Waals surface area contributed by atoms with Gasteiger partial charge in [-0.2, -0.15) is 11.8 Å². The second-order valence-electron chi connectivity index (χ2n) is 4.28. The molecule has 3 N–H and O–H groups in total. The summed E-state index contributed by atoms with van der Waals surface area (Å²) in [7, 11) is 3.21. The predicted molar refractivity (Wildman–Crippen MR) is 78.1 cm³/mol. The van der Waals surface area contributed by atoms with Crippen LogP contribution in [0.5, 0.6) is 0 Å². The Morgan fingerprint density at radius 2 is 2.16 bits per heavy atom. The largest absolute Gasteiger partial charge is 0.385 e. The second kappa shape index (κ2) is 11.1. The van der Waals surface area contributed by atoms with Crippen LogP contribution in [-0.2, 0) is 14.3 Å². The van der Waals surface area contributed by atoms with E-state index in [9.17, 15) is 9.59 Å². The van der Waals surface area contributed by atoms with Crippen molar-refractivity contribution >= 4 is 23.6 Å². The van der Waals surface area contributed by atoms with Crippen molar-refractivity contribution in [3.05, 3.63) is 0 Å². The molecule has 19 heavy (non-hydrogen) atoms. The van der Waals surface area contributed by atoms with Gasteiger partial charge in [0.2, 0.25) is 11.8 Å². The third-order valence-electron chi connectivity index (χ3n) is 2.55. The highest BCUT2D eigenvalue weighted by Gasteiger charge is 2.19. The van der Waals surface area contributed by atoms with Gasteiger partial charge >= 0.3 is 0 Å². The Hall–Kier alpha value is -0.790. The zero-order valence-electron chi connectivity index (χ0n) is 12.0. The molecule has 0 fully saturated rings. The number of hydrogen-bond acceptors (Lipinski definition) is 5. The van der Waals surface area contributed by atoms with Crippen LogP contribution in [0.25, 0.3) is 0 Å². The lowest BCUT2D eigenvalue weighted by atomic mass is 10.2. The van der Waals surface area contributed by atoms with Crippen LogP contribution in [0.15, 0.2) is 0 Å². The van der Waals surface area contributed by atoms with Crippen molar-refractivity contribution in [1.29, 1.82) is 0 Å². The number of amides is 2. The van der Waals surface area contributed by atoms with Crippen LogP contribution in [0.3, 0.4) is 0 Å². The van der Waals surface area contributed by atoms with E-state index in [4.69, 9.17) is 10.5 Å². The van der Waals surface area contributed by atoms with E-state index in [0.717, 1.165) is 12.2 Å². The smallest absolute Gasteiger partial charge is 0.239 e. The standard InChI is InChI=1S/C12H25N3O3S/c1-15(12(17)10(13)5-8-19-3)9-11(16)14-6-4-7-18-2/h10H,4-9,13H2,1-3H3,(H,14,16)/t10-/m1/s1. The second-order valence-corrected chi connectivity index (χ2v) is 5.26. The van der Waals surface area contributed by atoms with Gasteiger partial charge in [0, 0.05) is 27.3 Å². The molecule has 0 radical (unpaired) electrons. The van der Waals surface area contributed by atoms with Crippen molar-refractivity contribution < 1.29 is 14.3 Å². The number of methoxy groups -OCH3 is 1. The molecule has 0 aliphatic heterocycles. The Kier molecular flexibility index (Phi) is 10.6. The zero-order chi connectivity index (χ0) is 14.7. The molecule has 1 atom stereocenters. The zero-order valence-corrected chi connectivity index (χ0v) is 12.8. The average molecular weight is 291 g/mol. The van der Waals surface area contributed by atoms with Gasteiger partial charge in [-0.1, -0.05) is 0 Å². The van der Waals surface area contributed by atoms with Crippen molar-refractivity contribution in [3.8, 4) is 0 Å². The lowest BCUT2D eigenvalue weighted by Crippen LogP contribution is -2.46. The number of likely N-dealkylation sites (N-methyl/N-ethyl adjacent to an activating group) is 1. The number of nitrogens with one attached hydrogen (secondary N) is 1. The Balaban J connectivity index is 3.90. The molecule has 112 valence electrons. The maximum absolute atomic E-state index is 11.9. The van der Waals surface area contributed by atoms with Crippen LogP contribution in [0, 0.1) is 0 Å². The minimum absolute atomic E-state index is 0.0405. The normalized spacial score (nSPS) is 12.0. The number of rotatable bonds is 10. The molecule has 0 saturated carbocycles. The maximum Gasteiger partial charge on any atom is 0.239 e. The summed E-state index contributed by atoms with van der Waals surface area (Å²) < 4.78 is 4.88. The van der Waals surface area contributed by atoms with Crippen LogP contribution in [0.4, 0.5) is 0 Å². The van der Waals surface area contributed by atoms with E-state index < -0.39 is 6.04 Å². The van der Waals surface area contributed by atoms with Crippen molar-refractivity contribution in [1.82, 2.24) is 10.2 Å². The first kappa shape index (κ1) is 18.2. The minimum atomic E-state index is -0.529. The summed E-state index contributed by atoms with van der Waals surface area (Å²) in [5.74, 6) is 0.467. The Morgan fingerprint density at radius 3 is 2.74 bits per heavy atom. The first-order valence-electron chi connectivity index (χ1n) is 6.28. The third-order valence-corrected chi connectivity index (χ3v) is 3.20. The van der Waals surface area contributed by atoms with E-state index in [1.807, 2.05) is 6.26 Å². The van der Waals surface area contributed by atoms with Crippen LogP contribution < -0.4 is 11.1 Å². The number of carbonyl (C=O) groups is 2. The summed E-state index contributed by atoms with van der Waals surface area (Å²) in [6.07, 6.45) is 3.35. The summed E-state index contributed by atoms with van der Waals surface area (Å²) in [5, 5.41) is 2.73. The molecule has 2 amide bonds. The Bertz CT molecular complexity index is 277. The fourth-order valence-electron chi connectivity index (χ4n) is 1.44. The SMILES string of the molecule is COCCCNC(=O)CN(C)C(=O)[C@H](N)CCSC. The van der Waals surface area contributed by atoms with Crippen molar-refractivity contribution in [2.75, 3.05) is 45.9 Å². The van der Waals surface area contributed by atoms with Gasteiger partial charge in [-0.3, -0.25) is 9.59 Å². The predicted octanol–water partition coefficient (Wildman–Crippen LogP) is -0.322. The minimum Gasteiger partial charge on any atom is -0.385 e. The monoisotopic (exact) mass is 291 g/mol. The lowest BCUT2D eigenvalue weighted by molar-refractivity contribution is -0.135. The van der Waals surface area contributed by atoms with Crippen LogP contribution in [0.2, 0.25) is 0 Å². The average Bonchev–Trinajstić information content (AvgIpc) is 2.39. The fraction of sp³-hybridized carbons (Fsp3) is 0.833. The van der Waals surface area contributed by atoms with Crippen LogP contribution in [0.1, 0.15) is 12.8 Å². The molecule has 0 aliphatic carbocycles. The fourth-order valence-corrected chi connectivity index (χ4v) is 1.93. The quantitative estimate of drug-likeness (QED) is 0.539. The molecule has 0 aliphatic rings. The highest BCUT2D eigenvalue weighted by molar-refractivity contribution is 7.98. The molecule has 0 aromatic carbocycles. The van der Waals surface area contributed by atoms with Gasteiger partial charge in [-0.15, -0.1) is 0 Å². The van der Waals surface area contributed by atoms with Gasteiger partial charge in [0.15, 0.2) is 0 Å². The summed E-state index contributed by atoms with van der Waals surface area (Å²) in [6.45, 7) is 1.20. The molecule has 7 heteroatoms. The van der Waals surface area contributed by atoms with Crippen LogP contribution >= 0.6 is 11.8 Å². The molecule has 0 saturated heterocycles. The van der Waals surface area contributed by atoms with E-state index in [0.29, 0.717) is 19.6 Å². The summed E-state index contributed by atoms with van der Waals surface area (Å²) in [6, 6.07) is -0.529. The highest BCUT2D eigenvalue weighted by Crippen LogP contribution is 2.01. The van der Waals surface area contributed by atoms with Gasteiger partial charge in [0.25, 0.3) is 0 Å². The van der Waals surface area contributed by atoms with Gasteiger partial charge in [-0.25, -0.2) is 0 Å². The topological polar surface area (TPSA) is 84.7 Å².